The van der Waals surface area contributed by atoms with Crippen LogP contribution in [0.4, 0.5) is 4.79 Å². The first-order valence-electron chi connectivity index (χ1n) is 8.36. The van der Waals surface area contributed by atoms with Crippen molar-refractivity contribution in [3.05, 3.63) is 41.1 Å². The van der Waals surface area contributed by atoms with Crippen molar-refractivity contribution in [3.63, 3.8) is 0 Å². The molecule has 3 N–H and O–H groups in total. The van der Waals surface area contributed by atoms with Crippen molar-refractivity contribution in [2.45, 2.75) is 19.9 Å². The number of nitrogens with one attached hydrogen (secondary N) is 3. The molecule has 128 valence electrons. The Morgan fingerprint density at radius 1 is 1.38 bits per heavy atom. The van der Waals surface area contributed by atoms with Crippen LogP contribution in [0.2, 0.25) is 5.02 Å². The van der Waals surface area contributed by atoms with Crippen LogP contribution in [-0.4, -0.2) is 48.1 Å². The molecule has 3 rings (SSSR count). The van der Waals surface area contributed by atoms with Crippen molar-refractivity contribution in [2.75, 3.05) is 26.2 Å². The third-order valence-electron chi connectivity index (χ3n) is 4.45. The van der Waals surface area contributed by atoms with Crippen molar-refractivity contribution in [3.8, 4) is 0 Å². The second kappa shape index (κ2) is 7.28. The summed E-state index contributed by atoms with van der Waals surface area (Å²) >= 11 is 6.24. The Kier molecular flexibility index (Phi) is 5.11. The lowest BCUT2D eigenvalue weighted by Gasteiger charge is -2.26. The van der Waals surface area contributed by atoms with Gasteiger partial charge in [0.1, 0.15) is 0 Å². The van der Waals surface area contributed by atoms with Gasteiger partial charge in [-0.2, -0.15) is 0 Å². The summed E-state index contributed by atoms with van der Waals surface area (Å²) in [6.45, 7) is 6.90. The predicted octanol–water partition coefficient (Wildman–Crippen LogP) is 3.23. The molecule has 0 aliphatic carbocycles. The largest absolute Gasteiger partial charge is 0.359 e. The number of rotatable bonds is 4. The van der Waals surface area contributed by atoms with Gasteiger partial charge in [0.2, 0.25) is 0 Å². The zero-order valence-corrected chi connectivity index (χ0v) is 14.8. The van der Waals surface area contributed by atoms with E-state index in [0.717, 1.165) is 34.6 Å². The first kappa shape index (κ1) is 16.9. The standard InChI is InChI=1S/C18H23ClN4O/c1-3-23(4-2)18(24)22-13-8-12(9-20-10-13)15-11-21-17-14(15)6-5-7-16(17)19/h5-8,11,13,20-21H,3-4,9-10H2,1-2H3,(H,22,24)/t13-/m1/s1. The lowest BCUT2D eigenvalue weighted by Crippen LogP contribution is -2.49. The summed E-state index contributed by atoms with van der Waals surface area (Å²) in [4.78, 5) is 17.3. The minimum atomic E-state index is -0.0222. The number of amides is 2. The van der Waals surface area contributed by atoms with Gasteiger partial charge < -0.3 is 20.5 Å². The van der Waals surface area contributed by atoms with Gasteiger partial charge in [0.25, 0.3) is 0 Å². The highest BCUT2D eigenvalue weighted by Gasteiger charge is 2.20. The molecule has 1 atom stereocenters. The molecule has 2 heterocycles. The molecule has 2 amide bonds. The fourth-order valence-electron chi connectivity index (χ4n) is 3.14. The number of hydrogen-bond donors (Lipinski definition) is 3. The summed E-state index contributed by atoms with van der Waals surface area (Å²) < 4.78 is 0. The van der Waals surface area contributed by atoms with Crippen LogP contribution in [0.3, 0.4) is 0 Å². The van der Waals surface area contributed by atoms with Crippen LogP contribution >= 0.6 is 11.6 Å². The van der Waals surface area contributed by atoms with Crippen LogP contribution in [0, 0.1) is 0 Å². The van der Waals surface area contributed by atoms with Crippen LogP contribution in [0.25, 0.3) is 16.5 Å². The Balaban J connectivity index is 1.84. The van der Waals surface area contributed by atoms with E-state index < -0.39 is 0 Å². The van der Waals surface area contributed by atoms with Gasteiger partial charge in [-0.3, -0.25) is 0 Å². The average molecular weight is 347 g/mol. The molecule has 1 aliphatic heterocycles. The number of benzene rings is 1. The maximum Gasteiger partial charge on any atom is 0.317 e. The molecule has 1 aromatic carbocycles. The Morgan fingerprint density at radius 3 is 2.92 bits per heavy atom. The van der Waals surface area contributed by atoms with Crippen molar-refractivity contribution in [1.29, 1.82) is 0 Å². The SMILES string of the molecule is CCN(CC)C(=O)N[C@@H]1C=C(c2c[nH]c3c(Cl)cccc23)CNC1. The number of fused-ring (bicyclic) bond motifs is 1. The number of carbonyl (C=O) groups excluding carboxylic acids is 1. The first-order valence-corrected chi connectivity index (χ1v) is 8.74. The van der Waals surface area contributed by atoms with E-state index in [2.05, 4.69) is 27.8 Å². The van der Waals surface area contributed by atoms with Gasteiger partial charge in [-0.1, -0.05) is 29.8 Å². The summed E-state index contributed by atoms with van der Waals surface area (Å²) in [7, 11) is 0. The fraction of sp³-hybridized carbons (Fsp3) is 0.389. The summed E-state index contributed by atoms with van der Waals surface area (Å²) in [5.41, 5.74) is 3.24. The predicted molar refractivity (Wildman–Crippen MR) is 99.4 cm³/mol. The molecule has 0 radical (unpaired) electrons. The number of nitrogens with zero attached hydrogens (tertiary/aromatic N) is 1. The summed E-state index contributed by atoms with van der Waals surface area (Å²) in [5, 5.41) is 8.29. The molecule has 1 aromatic heterocycles. The van der Waals surface area contributed by atoms with E-state index in [0.29, 0.717) is 13.1 Å². The van der Waals surface area contributed by atoms with Crippen LogP contribution in [-0.2, 0) is 0 Å². The highest BCUT2D eigenvalue weighted by Crippen LogP contribution is 2.30. The molecular weight excluding hydrogens is 324 g/mol. The lowest BCUT2D eigenvalue weighted by atomic mass is 9.99. The monoisotopic (exact) mass is 346 g/mol. The average Bonchev–Trinajstić information content (AvgIpc) is 3.02. The lowest BCUT2D eigenvalue weighted by molar-refractivity contribution is 0.200. The van der Waals surface area contributed by atoms with Crippen molar-refractivity contribution in [1.82, 2.24) is 20.5 Å². The molecule has 24 heavy (non-hydrogen) atoms. The topological polar surface area (TPSA) is 60.2 Å². The highest BCUT2D eigenvalue weighted by atomic mass is 35.5. The quantitative estimate of drug-likeness (QED) is 0.796. The van der Waals surface area contributed by atoms with Gasteiger partial charge >= 0.3 is 6.03 Å². The number of H-pyrrole nitrogens is 1. The second-order valence-electron chi connectivity index (χ2n) is 5.92. The molecule has 0 saturated carbocycles. The Hall–Kier alpha value is -1.98. The number of aromatic amines is 1. The number of hydrogen-bond acceptors (Lipinski definition) is 2. The Morgan fingerprint density at radius 2 is 2.17 bits per heavy atom. The number of halogens is 1. The molecule has 0 bridgehead atoms. The van der Waals surface area contributed by atoms with E-state index in [1.807, 2.05) is 32.2 Å². The van der Waals surface area contributed by atoms with Gasteiger partial charge in [0.05, 0.1) is 16.6 Å². The number of urea groups is 1. The molecule has 0 spiro atoms. The minimum Gasteiger partial charge on any atom is -0.359 e. The molecule has 6 heteroatoms. The molecule has 0 fully saturated rings. The minimum absolute atomic E-state index is 0.0220. The van der Waals surface area contributed by atoms with Gasteiger partial charge in [-0.25, -0.2) is 4.79 Å². The zero-order chi connectivity index (χ0) is 17.1. The summed E-state index contributed by atoms with van der Waals surface area (Å²) in [5.74, 6) is 0. The molecule has 5 nitrogen and oxygen atoms in total. The maximum atomic E-state index is 12.3. The third kappa shape index (κ3) is 3.28. The van der Waals surface area contributed by atoms with E-state index in [4.69, 9.17) is 11.6 Å². The molecular formula is C18H23ClN4O. The summed E-state index contributed by atoms with van der Waals surface area (Å²) in [6.07, 6.45) is 4.13. The smallest absolute Gasteiger partial charge is 0.317 e. The fourth-order valence-corrected chi connectivity index (χ4v) is 3.37. The number of para-hydroxylation sites is 1. The van der Waals surface area contributed by atoms with Crippen molar-refractivity contribution in [2.24, 2.45) is 0 Å². The van der Waals surface area contributed by atoms with Crippen LogP contribution < -0.4 is 10.6 Å². The van der Waals surface area contributed by atoms with E-state index in [-0.39, 0.29) is 12.1 Å². The van der Waals surface area contributed by atoms with Crippen LogP contribution in [0.1, 0.15) is 19.4 Å². The highest BCUT2D eigenvalue weighted by molar-refractivity contribution is 6.35. The van der Waals surface area contributed by atoms with E-state index in [1.54, 1.807) is 4.90 Å². The van der Waals surface area contributed by atoms with Crippen LogP contribution in [0.5, 0.6) is 0 Å². The molecule has 2 aromatic rings. The van der Waals surface area contributed by atoms with Crippen molar-refractivity contribution >= 4 is 34.1 Å². The van der Waals surface area contributed by atoms with Gasteiger partial charge in [0, 0.05) is 43.3 Å². The zero-order valence-electron chi connectivity index (χ0n) is 14.0. The van der Waals surface area contributed by atoms with E-state index >= 15 is 0 Å². The second-order valence-corrected chi connectivity index (χ2v) is 6.32. The van der Waals surface area contributed by atoms with Crippen LogP contribution in [0.15, 0.2) is 30.5 Å². The first-order chi connectivity index (χ1) is 11.6. The van der Waals surface area contributed by atoms with E-state index in [9.17, 15) is 4.79 Å². The van der Waals surface area contributed by atoms with Crippen molar-refractivity contribution < 1.29 is 4.79 Å². The number of aromatic nitrogens is 1. The van der Waals surface area contributed by atoms with E-state index in [1.165, 1.54) is 5.57 Å². The van der Waals surface area contributed by atoms with Gasteiger partial charge in [0.15, 0.2) is 0 Å². The van der Waals surface area contributed by atoms with Gasteiger partial charge in [-0.05, 0) is 25.5 Å². The third-order valence-corrected chi connectivity index (χ3v) is 4.77. The van der Waals surface area contributed by atoms with Gasteiger partial charge in [-0.15, -0.1) is 0 Å². The Labute approximate surface area is 147 Å². The molecule has 1 aliphatic rings. The normalized spacial score (nSPS) is 17.6. The maximum absolute atomic E-state index is 12.3. The molecule has 0 saturated heterocycles. The molecule has 0 unspecified atom stereocenters. The Bertz CT molecular complexity index is 763. The summed E-state index contributed by atoms with van der Waals surface area (Å²) in [6, 6.07) is 5.85. The number of carbonyl (C=O) groups is 1.